The molecule has 22 heavy (non-hydrogen) atoms. The first-order valence-corrected chi connectivity index (χ1v) is 10.3. The summed E-state index contributed by atoms with van der Waals surface area (Å²) in [6, 6.07) is -0.605. The third kappa shape index (κ3) is 4.15. The van der Waals surface area contributed by atoms with Crippen LogP contribution in [0.3, 0.4) is 0 Å². The van der Waals surface area contributed by atoms with Gasteiger partial charge in [-0.3, -0.25) is 4.79 Å². The first-order chi connectivity index (χ1) is 10.1. The van der Waals surface area contributed by atoms with Crippen LogP contribution in [-0.2, 0) is 15.0 Å². The lowest BCUT2D eigenvalue weighted by Gasteiger charge is -2.35. The van der Waals surface area contributed by atoms with E-state index in [0.29, 0.717) is 30.6 Å². The Bertz CT molecular complexity index is 516. The van der Waals surface area contributed by atoms with Gasteiger partial charge in [0, 0.05) is 24.4 Å². The maximum Gasteiger partial charge on any atom is 0.283 e. The van der Waals surface area contributed by atoms with Gasteiger partial charge in [0.2, 0.25) is 5.91 Å². The summed E-state index contributed by atoms with van der Waals surface area (Å²) in [4.78, 5) is 12.4. The molecule has 0 saturated carbocycles. The van der Waals surface area contributed by atoms with Crippen LogP contribution in [0.2, 0.25) is 0 Å². The van der Waals surface area contributed by atoms with Gasteiger partial charge in [0.25, 0.3) is 10.2 Å². The summed E-state index contributed by atoms with van der Waals surface area (Å²) in [6.07, 6.45) is 1.95. The number of carbonyl (C=O) groups is 1. The molecule has 8 heteroatoms. The monoisotopic (exact) mass is 349 g/mol. The highest BCUT2D eigenvalue weighted by Gasteiger charge is 2.43. The minimum Gasteiger partial charge on any atom is -0.350 e. The lowest BCUT2D eigenvalue weighted by molar-refractivity contribution is -0.125. The number of amides is 1. The van der Waals surface area contributed by atoms with Crippen molar-refractivity contribution in [1.29, 1.82) is 0 Å². The average molecular weight is 350 g/mol. The Labute approximate surface area is 138 Å². The summed E-state index contributed by atoms with van der Waals surface area (Å²) in [6.45, 7) is 8.89. The van der Waals surface area contributed by atoms with Crippen LogP contribution in [0.5, 0.6) is 0 Å². The molecule has 0 aromatic rings. The van der Waals surface area contributed by atoms with Crippen LogP contribution in [0.15, 0.2) is 0 Å². The van der Waals surface area contributed by atoms with Gasteiger partial charge in [0.05, 0.1) is 5.88 Å². The number of hydrogen-bond acceptors (Lipinski definition) is 4. The van der Waals surface area contributed by atoms with E-state index in [9.17, 15) is 13.2 Å². The lowest BCUT2D eigenvalue weighted by atomic mass is 10.0. The number of nitrogens with one attached hydrogen (secondary N) is 1. The molecular weight excluding hydrogens is 322 g/mol. The second kappa shape index (κ2) is 6.67. The van der Waals surface area contributed by atoms with E-state index in [1.54, 1.807) is 4.31 Å². The van der Waals surface area contributed by atoms with Crippen LogP contribution in [0.1, 0.15) is 40.5 Å². The molecule has 128 valence electrons. The van der Waals surface area contributed by atoms with E-state index in [4.69, 9.17) is 0 Å². The van der Waals surface area contributed by atoms with Crippen molar-refractivity contribution in [3.63, 3.8) is 0 Å². The van der Waals surface area contributed by atoms with Gasteiger partial charge < -0.3 is 5.32 Å². The standard InChI is InChI=1S/C14H27N3O3S2/c1-11-6-5-7-16(8-11)22(19,20)17-10-21-9-12(17)13(18)15-14(2,3)4/h11-12H,5-10H2,1-4H3,(H,15,18)/t11-,12+/m1/s1. The van der Waals surface area contributed by atoms with Crippen molar-refractivity contribution in [1.82, 2.24) is 13.9 Å². The number of carbonyl (C=O) groups excluding carboxylic acids is 1. The first-order valence-electron chi connectivity index (χ1n) is 7.78. The summed E-state index contributed by atoms with van der Waals surface area (Å²) in [5.41, 5.74) is -0.362. The lowest BCUT2D eigenvalue weighted by Crippen LogP contribution is -2.56. The Morgan fingerprint density at radius 1 is 1.32 bits per heavy atom. The van der Waals surface area contributed by atoms with Gasteiger partial charge in [-0.05, 0) is 39.5 Å². The fourth-order valence-electron chi connectivity index (χ4n) is 2.82. The molecular formula is C14H27N3O3S2. The van der Waals surface area contributed by atoms with Crippen LogP contribution in [0, 0.1) is 5.92 Å². The van der Waals surface area contributed by atoms with Gasteiger partial charge >= 0.3 is 0 Å². The van der Waals surface area contributed by atoms with E-state index in [2.05, 4.69) is 12.2 Å². The fraction of sp³-hybridized carbons (Fsp3) is 0.929. The van der Waals surface area contributed by atoms with E-state index in [-0.39, 0.29) is 11.4 Å². The smallest absolute Gasteiger partial charge is 0.283 e. The maximum absolute atomic E-state index is 12.9. The number of thioether (sulfide) groups is 1. The van der Waals surface area contributed by atoms with Gasteiger partial charge in [-0.25, -0.2) is 0 Å². The minimum absolute atomic E-state index is 0.203. The molecule has 6 nitrogen and oxygen atoms in total. The van der Waals surface area contributed by atoms with E-state index in [1.807, 2.05) is 20.8 Å². The van der Waals surface area contributed by atoms with Crippen molar-refractivity contribution in [3.05, 3.63) is 0 Å². The molecule has 0 unspecified atom stereocenters. The molecule has 2 rings (SSSR count). The van der Waals surface area contributed by atoms with E-state index in [0.717, 1.165) is 12.8 Å². The van der Waals surface area contributed by atoms with Gasteiger partial charge in [-0.1, -0.05) is 6.92 Å². The van der Waals surface area contributed by atoms with E-state index in [1.165, 1.54) is 16.1 Å². The van der Waals surface area contributed by atoms with Crippen molar-refractivity contribution in [2.24, 2.45) is 5.92 Å². The fourth-order valence-corrected chi connectivity index (χ4v) is 6.28. The van der Waals surface area contributed by atoms with Gasteiger partial charge in [-0.2, -0.15) is 17.0 Å². The second-order valence-corrected chi connectivity index (χ2v) is 10.1. The van der Waals surface area contributed by atoms with Gasteiger partial charge in [-0.15, -0.1) is 11.8 Å². The van der Waals surface area contributed by atoms with Crippen LogP contribution >= 0.6 is 11.8 Å². The SMILES string of the molecule is C[C@@H]1CCCN(S(=O)(=O)N2CSC[C@H]2C(=O)NC(C)(C)C)C1. The summed E-state index contributed by atoms with van der Waals surface area (Å²) in [5, 5.41) is 2.90. The Morgan fingerprint density at radius 2 is 2.00 bits per heavy atom. The molecule has 0 spiro atoms. The molecule has 0 aromatic heterocycles. The van der Waals surface area contributed by atoms with Crippen molar-refractivity contribution >= 4 is 27.9 Å². The predicted molar refractivity (Wildman–Crippen MR) is 89.7 cm³/mol. The molecule has 2 saturated heterocycles. The molecule has 0 aromatic carbocycles. The molecule has 2 heterocycles. The molecule has 2 aliphatic heterocycles. The third-order valence-electron chi connectivity index (χ3n) is 3.89. The molecule has 2 aliphatic rings. The minimum atomic E-state index is -3.56. The van der Waals surface area contributed by atoms with E-state index < -0.39 is 16.3 Å². The zero-order chi connectivity index (χ0) is 16.5. The third-order valence-corrected chi connectivity index (χ3v) is 7.02. The number of piperidine rings is 1. The second-order valence-electron chi connectivity index (χ2n) is 7.26. The van der Waals surface area contributed by atoms with Gasteiger partial charge in [0.1, 0.15) is 6.04 Å². The van der Waals surface area contributed by atoms with Crippen LogP contribution in [-0.4, -0.2) is 59.2 Å². The number of hydrogen-bond donors (Lipinski definition) is 1. The Hall–Kier alpha value is -0.310. The highest BCUT2D eigenvalue weighted by Crippen LogP contribution is 2.29. The quantitative estimate of drug-likeness (QED) is 0.833. The van der Waals surface area contributed by atoms with E-state index >= 15 is 0 Å². The molecule has 2 atom stereocenters. The van der Waals surface area contributed by atoms with Crippen LogP contribution in [0.25, 0.3) is 0 Å². The molecule has 0 radical (unpaired) electrons. The largest absolute Gasteiger partial charge is 0.350 e. The zero-order valence-electron chi connectivity index (χ0n) is 13.8. The van der Waals surface area contributed by atoms with Crippen LogP contribution in [0.4, 0.5) is 0 Å². The van der Waals surface area contributed by atoms with Gasteiger partial charge in [0.15, 0.2) is 0 Å². The summed E-state index contributed by atoms with van der Waals surface area (Å²) < 4.78 is 28.7. The molecule has 0 bridgehead atoms. The van der Waals surface area contributed by atoms with Crippen LogP contribution < -0.4 is 5.32 Å². The summed E-state index contributed by atoms with van der Waals surface area (Å²) in [5.74, 6) is 1.05. The highest BCUT2D eigenvalue weighted by molar-refractivity contribution is 8.00. The maximum atomic E-state index is 12.9. The molecule has 2 fully saturated rings. The molecule has 0 aliphatic carbocycles. The Balaban J connectivity index is 2.13. The summed E-state index contributed by atoms with van der Waals surface area (Å²) in [7, 11) is -3.56. The topological polar surface area (TPSA) is 69.7 Å². The zero-order valence-corrected chi connectivity index (χ0v) is 15.5. The van der Waals surface area contributed by atoms with Crippen molar-refractivity contribution in [2.45, 2.75) is 52.1 Å². The molecule has 1 N–H and O–H groups in total. The summed E-state index contributed by atoms with van der Waals surface area (Å²) >= 11 is 1.50. The highest BCUT2D eigenvalue weighted by atomic mass is 32.2. The average Bonchev–Trinajstić information content (AvgIpc) is 2.86. The van der Waals surface area contributed by atoms with Crippen molar-refractivity contribution < 1.29 is 13.2 Å². The predicted octanol–water partition coefficient (Wildman–Crippen LogP) is 1.25. The first kappa shape index (κ1) is 18.0. The molecule has 1 amide bonds. The Morgan fingerprint density at radius 3 is 2.59 bits per heavy atom. The van der Waals surface area contributed by atoms with Crippen molar-refractivity contribution in [3.8, 4) is 0 Å². The Kier molecular flexibility index (Phi) is 5.46. The normalized spacial score (nSPS) is 28.7. The number of rotatable bonds is 3. The number of nitrogens with zero attached hydrogens (tertiary/aromatic N) is 2. The van der Waals surface area contributed by atoms with Crippen molar-refractivity contribution in [2.75, 3.05) is 24.7 Å².